The zero-order valence-electron chi connectivity index (χ0n) is 16.1. The van der Waals surface area contributed by atoms with E-state index in [0.717, 1.165) is 63.8 Å². The van der Waals surface area contributed by atoms with Gasteiger partial charge in [0.05, 0.1) is 11.5 Å². The summed E-state index contributed by atoms with van der Waals surface area (Å²) < 4.78 is 0. The van der Waals surface area contributed by atoms with Gasteiger partial charge in [0, 0.05) is 37.0 Å². The number of likely N-dealkylation sites (tertiary alicyclic amines) is 2. The molecular weight excluding hydrogens is 368 g/mol. The Bertz CT molecular complexity index is 878. The summed E-state index contributed by atoms with van der Waals surface area (Å²) in [5, 5.41) is 3.89. The summed E-state index contributed by atoms with van der Waals surface area (Å²) in [6.07, 6.45) is 5.06. The maximum absolute atomic E-state index is 13.2. The number of fused-ring (bicyclic) bond motifs is 2. The van der Waals surface area contributed by atoms with Crippen molar-refractivity contribution < 1.29 is 9.59 Å². The first-order chi connectivity index (χ1) is 13.7. The van der Waals surface area contributed by atoms with E-state index in [1.807, 2.05) is 21.7 Å². The molecule has 0 bridgehead atoms. The molecule has 0 saturated carbocycles. The molecule has 146 valence electrons. The van der Waals surface area contributed by atoms with Gasteiger partial charge in [-0.05, 0) is 54.7 Å². The molecule has 0 radical (unpaired) electrons. The van der Waals surface area contributed by atoms with Gasteiger partial charge in [0.1, 0.15) is 0 Å². The number of carbonyl (C=O) groups excluding carboxylic acids is 2. The number of nitrogens with zero attached hydrogens (tertiary/aromatic N) is 2. The first-order valence-corrected chi connectivity index (χ1v) is 11.3. The molecule has 3 heterocycles. The number of piperidine rings is 1. The zero-order valence-corrected chi connectivity index (χ0v) is 16.9. The predicted octanol–water partition coefficient (Wildman–Crippen LogP) is 4.03. The molecule has 2 aromatic rings. The van der Waals surface area contributed by atoms with Gasteiger partial charge in [0.15, 0.2) is 0 Å². The summed E-state index contributed by atoms with van der Waals surface area (Å²) in [6, 6.07) is 10.5. The largest absolute Gasteiger partial charge is 0.342 e. The molecule has 2 fully saturated rings. The van der Waals surface area contributed by atoms with Crippen LogP contribution in [-0.2, 0) is 10.2 Å². The van der Waals surface area contributed by atoms with Gasteiger partial charge in [-0.1, -0.05) is 24.3 Å². The molecule has 5 heteroatoms. The van der Waals surface area contributed by atoms with Crippen LogP contribution >= 0.6 is 11.3 Å². The van der Waals surface area contributed by atoms with E-state index in [-0.39, 0.29) is 17.2 Å². The van der Waals surface area contributed by atoms with Crippen LogP contribution in [0.15, 0.2) is 41.1 Å². The maximum Gasteiger partial charge on any atom is 0.254 e. The summed E-state index contributed by atoms with van der Waals surface area (Å²) in [7, 11) is 0. The lowest BCUT2D eigenvalue weighted by molar-refractivity contribution is -0.132. The SMILES string of the molecule is O=C(c1ccsc1)N1CCC2(CC1)C[C@@H](C(=O)N1CCCC1)c1ccccc12. The van der Waals surface area contributed by atoms with Crippen LogP contribution in [0.5, 0.6) is 0 Å². The first kappa shape index (κ1) is 17.9. The molecule has 1 aromatic carbocycles. The van der Waals surface area contributed by atoms with E-state index in [4.69, 9.17) is 0 Å². The molecule has 0 N–H and O–H groups in total. The Balaban J connectivity index is 1.37. The van der Waals surface area contributed by atoms with E-state index in [2.05, 4.69) is 29.2 Å². The van der Waals surface area contributed by atoms with Crippen molar-refractivity contribution in [3.05, 3.63) is 57.8 Å². The third-order valence-corrected chi connectivity index (χ3v) is 7.68. The van der Waals surface area contributed by atoms with Gasteiger partial charge in [-0.2, -0.15) is 11.3 Å². The quantitative estimate of drug-likeness (QED) is 0.772. The van der Waals surface area contributed by atoms with Gasteiger partial charge < -0.3 is 9.80 Å². The number of benzene rings is 1. The third kappa shape index (κ3) is 2.87. The Labute approximate surface area is 170 Å². The van der Waals surface area contributed by atoms with Crippen LogP contribution in [0.3, 0.4) is 0 Å². The van der Waals surface area contributed by atoms with Crippen LogP contribution in [-0.4, -0.2) is 47.8 Å². The van der Waals surface area contributed by atoms with Crippen molar-refractivity contribution in [2.24, 2.45) is 0 Å². The average Bonchev–Trinajstić information content (AvgIpc) is 3.49. The summed E-state index contributed by atoms with van der Waals surface area (Å²) in [5.74, 6) is 0.458. The molecule has 4 nitrogen and oxygen atoms in total. The first-order valence-electron chi connectivity index (χ1n) is 10.4. The number of amides is 2. The Hall–Kier alpha value is -2.14. The Morgan fingerprint density at radius 2 is 1.71 bits per heavy atom. The topological polar surface area (TPSA) is 40.6 Å². The second kappa shape index (κ2) is 7.03. The summed E-state index contributed by atoms with van der Waals surface area (Å²) in [5.41, 5.74) is 3.43. The van der Waals surface area contributed by atoms with E-state index in [9.17, 15) is 9.59 Å². The van der Waals surface area contributed by atoms with E-state index >= 15 is 0 Å². The van der Waals surface area contributed by atoms with Crippen molar-refractivity contribution in [2.45, 2.75) is 43.4 Å². The Kier molecular flexibility index (Phi) is 4.50. The van der Waals surface area contributed by atoms with E-state index in [0.29, 0.717) is 5.91 Å². The number of hydrogen-bond acceptors (Lipinski definition) is 3. The lowest BCUT2D eigenvalue weighted by Crippen LogP contribution is -2.44. The fraction of sp³-hybridized carbons (Fsp3) is 0.478. The van der Waals surface area contributed by atoms with Gasteiger partial charge in [0.25, 0.3) is 5.91 Å². The molecule has 1 aliphatic carbocycles. The van der Waals surface area contributed by atoms with Crippen molar-refractivity contribution in [3.8, 4) is 0 Å². The molecule has 0 unspecified atom stereocenters. The molecular formula is C23H26N2O2S. The molecule has 2 aliphatic heterocycles. The van der Waals surface area contributed by atoms with Crippen molar-refractivity contribution in [2.75, 3.05) is 26.2 Å². The van der Waals surface area contributed by atoms with Crippen LogP contribution in [0.25, 0.3) is 0 Å². The molecule has 2 amide bonds. The minimum atomic E-state index is -0.00609. The molecule has 28 heavy (non-hydrogen) atoms. The van der Waals surface area contributed by atoms with Crippen LogP contribution in [0.4, 0.5) is 0 Å². The van der Waals surface area contributed by atoms with Crippen molar-refractivity contribution in [3.63, 3.8) is 0 Å². The maximum atomic E-state index is 13.2. The molecule has 3 aliphatic rings. The van der Waals surface area contributed by atoms with Crippen molar-refractivity contribution in [1.82, 2.24) is 9.80 Å². The monoisotopic (exact) mass is 394 g/mol. The average molecular weight is 395 g/mol. The molecule has 1 atom stereocenters. The van der Waals surface area contributed by atoms with Crippen LogP contribution in [0.1, 0.15) is 59.5 Å². The second-order valence-corrected chi connectivity index (χ2v) is 9.24. The summed E-state index contributed by atoms with van der Waals surface area (Å²) in [4.78, 5) is 30.0. The minimum Gasteiger partial charge on any atom is -0.342 e. The highest BCUT2D eigenvalue weighted by Gasteiger charge is 2.48. The predicted molar refractivity (Wildman–Crippen MR) is 111 cm³/mol. The van der Waals surface area contributed by atoms with E-state index in [1.54, 1.807) is 11.3 Å². The van der Waals surface area contributed by atoms with Gasteiger partial charge in [-0.15, -0.1) is 0 Å². The molecule has 1 spiro atoms. The smallest absolute Gasteiger partial charge is 0.254 e. The molecule has 2 saturated heterocycles. The van der Waals surface area contributed by atoms with Gasteiger partial charge in [0.2, 0.25) is 5.91 Å². The highest BCUT2D eigenvalue weighted by molar-refractivity contribution is 7.08. The number of thiophene rings is 1. The van der Waals surface area contributed by atoms with E-state index in [1.165, 1.54) is 11.1 Å². The van der Waals surface area contributed by atoms with Crippen LogP contribution in [0, 0.1) is 0 Å². The lowest BCUT2D eigenvalue weighted by Gasteiger charge is -2.40. The summed E-state index contributed by atoms with van der Waals surface area (Å²) >= 11 is 1.57. The Morgan fingerprint density at radius 1 is 0.964 bits per heavy atom. The van der Waals surface area contributed by atoms with Gasteiger partial charge in [-0.3, -0.25) is 9.59 Å². The van der Waals surface area contributed by atoms with Crippen molar-refractivity contribution in [1.29, 1.82) is 0 Å². The highest BCUT2D eigenvalue weighted by atomic mass is 32.1. The fourth-order valence-electron chi connectivity index (χ4n) is 5.45. The van der Waals surface area contributed by atoms with Crippen LogP contribution < -0.4 is 0 Å². The van der Waals surface area contributed by atoms with Gasteiger partial charge in [-0.25, -0.2) is 0 Å². The second-order valence-electron chi connectivity index (χ2n) is 8.46. The summed E-state index contributed by atoms with van der Waals surface area (Å²) in [6.45, 7) is 3.36. The normalized spacial score (nSPS) is 23.2. The standard InChI is InChI=1S/C23H26N2O2S/c26-21(17-7-14-28-16-17)25-12-8-23(9-13-25)15-19(18-5-1-2-6-20(18)23)22(27)24-10-3-4-11-24/h1-2,5-7,14,16,19H,3-4,8-13,15H2/t19-/m1/s1. The fourth-order valence-corrected chi connectivity index (χ4v) is 6.08. The lowest BCUT2D eigenvalue weighted by atomic mass is 9.73. The molecule has 1 aromatic heterocycles. The van der Waals surface area contributed by atoms with Gasteiger partial charge >= 0.3 is 0 Å². The number of rotatable bonds is 2. The van der Waals surface area contributed by atoms with Crippen molar-refractivity contribution >= 4 is 23.2 Å². The molecule has 5 rings (SSSR count). The Morgan fingerprint density at radius 3 is 2.43 bits per heavy atom. The minimum absolute atomic E-state index is 0.00609. The van der Waals surface area contributed by atoms with Crippen LogP contribution in [0.2, 0.25) is 0 Å². The highest BCUT2D eigenvalue weighted by Crippen LogP contribution is 2.52. The van der Waals surface area contributed by atoms with E-state index < -0.39 is 0 Å². The zero-order chi connectivity index (χ0) is 19.1. The number of carbonyl (C=O) groups is 2. The third-order valence-electron chi connectivity index (χ3n) is 6.99. The number of hydrogen-bond donors (Lipinski definition) is 0.